The SMILES string of the molecule is CC(C)c1cc([C@@H]2CCCN2C(=O)Cc2ccccc2F)on1. The number of aromatic nitrogens is 1. The summed E-state index contributed by atoms with van der Waals surface area (Å²) in [6.07, 6.45) is 1.86. The van der Waals surface area contributed by atoms with Gasteiger partial charge in [-0.3, -0.25) is 4.79 Å². The molecule has 1 aliphatic heterocycles. The molecule has 23 heavy (non-hydrogen) atoms. The maximum atomic E-state index is 13.7. The molecule has 0 N–H and O–H groups in total. The summed E-state index contributed by atoms with van der Waals surface area (Å²) in [5, 5.41) is 4.08. The van der Waals surface area contributed by atoms with E-state index < -0.39 is 0 Å². The van der Waals surface area contributed by atoms with E-state index in [1.54, 1.807) is 23.1 Å². The van der Waals surface area contributed by atoms with Crippen molar-refractivity contribution in [2.24, 2.45) is 0 Å². The minimum absolute atomic E-state index is 0.0694. The fourth-order valence-corrected chi connectivity index (χ4v) is 3.00. The van der Waals surface area contributed by atoms with Crippen molar-refractivity contribution in [3.8, 4) is 0 Å². The molecule has 1 aromatic carbocycles. The first-order valence-electron chi connectivity index (χ1n) is 8.05. The van der Waals surface area contributed by atoms with Gasteiger partial charge < -0.3 is 9.42 Å². The van der Waals surface area contributed by atoms with Crippen molar-refractivity contribution in [2.45, 2.75) is 45.1 Å². The van der Waals surface area contributed by atoms with Crippen LogP contribution in [0, 0.1) is 5.82 Å². The highest BCUT2D eigenvalue weighted by molar-refractivity contribution is 5.79. The Labute approximate surface area is 135 Å². The quantitative estimate of drug-likeness (QED) is 0.861. The molecule has 1 atom stereocenters. The van der Waals surface area contributed by atoms with Gasteiger partial charge in [0.2, 0.25) is 5.91 Å². The van der Waals surface area contributed by atoms with Crippen molar-refractivity contribution in [3.05, 3.63) is 53.2 Å². The highest BCUT2D eigenvalue weighted by atomic mass is 19.1. The van der Waals surface area contributed by atoms with Gasteiger partial charge in [0.1, 0.15) is 5.82 Å². The van der Waals surface area contributed by atoms with Crippen molar-refractivity contribution in [1.29, 1.82) is 0 Å². The van der Waals surface area contributed by atoms with Crippen molar-refractivity contribution in [2.75, 3.05) is 6.54 Å². The molecule has 3 rings (SSSR count). The van der Waals surface area contributed by atoms with Gasteiger partial charge in [-0.15, -0.1) is 0 Å². The first-order chi connectivity index (χ1) is 11.1. The lowest BCUT2D eigenvalue weighted by atomic mass is 10.1. The molecule has 1 fully saturated rings. The molecule has 0 bridgehead atoms. The fourth-order valence-electron chi connectivity index (χ4n) is 3.00. The Morgan fingerprint density at radius 2 is 2.22 bits per heavy atom. The number of hydrogen-bond acceptors (Lipinski definition) is 3. The first-order valence-corrected chi connectivity index (χ1v) is 8.05. The average molecular weight is 316 g/mol. The summed E-state index contributed by atoms with van der Waals surface area (Å²) in [6.45, 7) is 4.78. The molecule has 1 aliphatic rings. The topological polar surface area (TPSA) is 46.3 Å². The van der Waals surface area contributed by atoms with E-state index >= 15 is 0 Å². The van der Waals surface area contributed by atoms with Gasteiger partial charge in [0.05, 0.1) is 18.2 Å². The van der Waals surface area contributed by atoms with E-state index in [2.05, 4.69) is 19.0 Å². The average Bonchev–Trinajstić information content (AvgIpc) is 3.17. The molecule has 1 aromatic heterocycles. The van der Waals surface area contributed by atoms with Crippen LogP contribution in [0.25, 0.3) is 0 Å². The molecule has 1 amide bonds. The van der Waals surface area contributed by atoms with Gasteiger partial charge in [-0.05, 0) is 30.4 Å². The van der Waals surface area contributed by atoms with Crippen LogP contribution < -0.4 is 0 Å². The summed E-state index contributed by atoms with van der Waals surface area (Å²) in [5.74, 6) is 0.614. The molecule has 0 aliphatic carbocycles. The molecule has 122 valence electrons. The summed E-state index contributed by atoms with van der Waals surface area (Å²) in [6, 6.07) is 8.26. The molecular weight excluding hydrogens is 295 g/mol. The third-order valence-electron chi connectivity index (χ3n) is 4.34. The van der Waals surface area contributed by atoms with Crippen LogP contribution in [0.1, 0.15) is 55.7 Å². The van der Waals surface area contributed by atoms with Gasteiger partial charge in [0.15, 0.2) is 5.76 Å². The van der Waals surface area contributed by atoms with Gasteiger partial charge in [-0.1, -0.05) is 37.2 Å². The van der Waals surface area contributed by atoms with Crippen LogP contribution in [0.5, 0.6) is 0 Å². The molecular formula is C18H21FN2O2. The van der Waals surface area contributed by atoms with Crippen molar-refractivity contribution >= 4 is 5.91 Å². The van der Waals surface area contributed by atoms with E-state index in [4.69, 9.17) is 4.52 Å². The predicted octanol–water partition coefficient (Wildman–Crippen LogP) is 3.84. The maximum Gasteiger partial charge on any atom is 0.227 e. The zero-order valence-electron chi connectivity index (χ0n) is 13.5. The smallest absolute Gasteiger partial charge is 0.227 e. The lowest BCUT2D eigenvalue weighted by molar-refractivity contribution is -0.131. The summed E-state index contributed by atoms with van der Waals surface area (Å²) < 4.78 is 19.2. The Morgan fingerprint density at radius 1 is 1.43 bits per heavy atom. The molecule has 2 aromatic rings. The van der Waals surface area contributed by atoms with E-state index in [1.165, 1.54) is 6.07 Å². The lowest BCUT2D eigenvalue weighted by Gasteiger charge is -2.22. The number of benzene rings is 1. The first kappa shape index (κ1) is 15.7. The molecule has 0 radical (unpaired) electrons. The number of amides is 1. The summed E-state index contributed by atoms with van der Waals surface area (Å²) in [5.41, 5.74) is 1.33. The number of nitrogens with zero attached hydrogens (tertiary/aromatic N) is 2. The Morgan fingerprint density at radius 3 is 2.91 bits per heavy atom. The largest absolute Gasteiger partial charge is 0.359 e. The number of rotatable bonds is 4. The third-order valence-corrected chi connectivity index (χ3v) is 4.34. The van der Waals surface area contributed by atoms with E-state index in [0.717, 1.165) is 24.3 Å². The Kier molecular flexibility index (Phi) is 4.46. The van der Waals surface area contributed by atoms with Crippen LogP contribution in [0.2, 0.25) is 0 Å². The molecule has 5 heteroatoms. The summed E-state index contributed by atoms with van der Waals surface area (Å²) in [7, 11) is 0. The highest BCUT2D eigenvalue weighted by Crippen LogP contribution is 2.33. The van der Waals surface area contributed by atoms with E-state index in [9.17, 15) is 9.18 Å². The van der Waals surface area contributed by atoms with E-state index in [1.807, 2.05) is 6.07 Å². The van der Waals surface area contributed by atoms with Crippen LogP contribution in [0.15, 0.2) is 34.9 Å². The number of likely N-dealkylation sites (tertiary alicyclic amines) is 1. The van der Waals surface area contributed by atoms with Crippen molar-refractivity contribution in [1.82, 2.24) is 10.1 Å². The van der Waals surface area contributed by atoms with Crippen LogP contribution in [0.3, 0.4) is 0 Å². The van der Waals surface area contributed by atoms with E-state index in [-0.39, 0.29) is 30.1 Å². The minimum atomic E-state index is -0.335. The van der Waals surface area contributed by atoms with Gasteiger partial charge >= 0.3 is 0 Å². The zero-order chi connectivity index (χ0) is 16.4. The fraction of sp³-hybridized carbons (Fsp3) is 0.444. The van der Waals surface area contributed by atoms with E-state index in [0.29, 0.717) is 12.1 Å². The second-order valence-corrected chi connectivity index (χ2v) is 6.32. The standard InChI is InChI=1S/C18H21FN2O2/c1-12(2)15-11-17(23-20-15)16-8-5-9-21(16)18(22)10-13-6-3-4-7-14(13)19/h3-4,6-7,11-12,16H,5,8-10H2,1-2H3/t16-/m0/s1. The van der Waals surface area contributed by atoms with Crippen LogP contribution in [0.4, 0.5) is 4.39 Å². The zero-order valence-corrected chi connectivity index (χ0v) is 13.5. The van der Waals surface area contributed by atoms with Crippen molar-refractivity contribution in [3.63, 3.8) is 0 Å². The molecule has 2 heterocycles. The second kappa shape index (κ2) is 6.52. The predicted molar refractivity (Wildman–Crippen MR) is 84.4 cm³/mol. The lowest BCUT2D eigenvalue weighted by Crippen LogP contribution is -2.31. The van der Waals surface area contributed by atoms with Crippen LogP contribution in [-0.4, -0.2) is 22.5 Å². The monoisotopic (exact) mass is 316 g/mol. The Bertz CT molecular complexity index is 696. The summed E-state index contributed by atoms with van der Waals surface area (Å²) in [4.78, 5) is 14.4. The van der Waals surface area contributed by atoms with Crippen LogP contribution in [-0.2, 0) is 11.2 Å². The Hall–Kier alpha value is -2.17. The van der Waals surface area contributed by atoms with Crippen LogP contribution >= 0.6 is 0 Å². The second-order valence-electron chi connectivity index (χ2n) is 6.32. The number of carbonyl (C=O) groups is 1. The number of hydrogen-bond donors (Lipinski definition) is 0. The molecule has 4 nitrogen and oxygen atoms in total. The van der Waals surface area contributed by atoms with Gasteiger partial charge in [0, 0.05) is 12.6 Å². The summed E-state index contributed by atoms with van der Waals surface area (Å²) >= 11 is 0. The van der Waals surface area contributed by atoms with Crippen molar-refractivity contribution < 1.29 is 13.7 Å². The van der Waals surface area contributed by atoms with Gasteiger partial charge in [-0.2, -0.15) is 0 Å². The van der Waals surface area contributed by atoms with Gasteiger partial charge in [0.25, 0.3) is 0 Å². The maximum absolute atomic E-state index is 13.7. The highest BCUT2D eigenvalue weighted by Gasteiger charge is 2.33. The molecule has 0 unspecified atom stereocenters. The normalized spacial score (nSPS) is 17.9. The van der Waals surface area contributed by atoms with Gasteiger partial charge in [-0.25, -0.2) is 4.39 Å². The molecule has 0 spiro atoms. The Balaban J connectivity index is 1.75. The minimum Gasteiger partial charge on any atom is -0.359 e. The number of carbonyl (C=O) groups excluding carboxylic acids is 1. The molecule has 0 saturated carbocycles. The molecule has 1 saturated heterocycles. The third kappa shape index (κ3) is 3.28. The number of halogens is 1.